The van der Waals surface area contributed by atoms with Crippen LogP contribution in [0.2, 0.25) is 0 Å². The minimum Gasteiger partial charge on any atom is -0.481 e. The Balaban J connectivity index is 1.70. The maximum atomic E-state index is 11.7. The van der Waals surface area contributed by atoms with E-state index in [1.807, 2.05) is 0 Å². The molecule has 0 saturated heterocycles. The normalized spacial score (nSPS) is 52.7. The second kappa shape index (κ2) is 4.51. The Morgan fingerprint density at radius 1 is 0.955 bits per heavy atom. The van der Waals surface area contributed by atoms with E-state index in [9.17, 15) is 9.90 Å². The van der Waals surface area contributed by atoms with Crippen molar-refractivity contribution >= 4 is 5.97 Å². The Kier molecular flexibility index (Phi) is 3.08. The molecule has 0 aliphatic heterocycles. The highest BCUT2D eigenvalue weighted by Gasteiger charge is 2.64. The second-order valence-corrected chi connectivity index (χ2v) is 10.0. The van der Waals surface area contributed by atoms with Crippen LogP contribution in [0.1, 0.15) is 78.6 Å². The van der Waals surface area contributed by atoms with Gasteiger partial charge in [0.05, 0.1) is 5.92 Å². The zero-order valence-electron chi connectivity index (χ0n) is 14.5. The first-order valence-corrected chi connectivity index (χ1v) is 9.51. The van der Waals surface area contributed by atoms with Crippen molar-refractivity contribution in [3.63, 3.8) is 0 Å². The highest BCUT2D eigenvalue weighted by molar-refractivity contribution is 5.71. The summed E-state index contributed by atoms with van der Waals surface area (Å²) >= 11 is 0. The number of carboxylic acids is 1. The van der Waals surface area contributed by atoms with Crippen molar-refractivity contribution in [2.24, 2.45) is 39.9 Å². The van der Waals surface area contributed by atoms with Gasteiger partial charge in [-0.1, -0.05) is 27.2 Å². The summed E-state index contributed by atoms with van der Waals surface area (Å²) in [6, 6.07) is 0. The fourth-order valence-corrected chi connectivity index (χ4v) is 8.06. The van der Waals surface area contributed by atoms with Crippen molar-refractivity contribution < 1.29 is 9.90 Å². The molecule has 0 amide bonds. The van der Waals surface area contributed by atoms with E-state index >= 15 is 0 Å². The summed E-state index contributed by atoms with van der Waals surface area (Å²) in [7, 11) is 0. The molecule has 6 atom stereocenters. The number of aliphatic carboxylic acids is 1. The Morgan fingerprint density at radius 3 is 2.45 bits per heavy atom. The monoisotopic (exact) mass is 304 g/mol. The van der Waals surface area contributed by atoms with Gasteiger partial charge in [0.25, 0.3) is 0 Å². The lowest BCUT2D eigenvalue weighted by Crippen LogP contribution is -2.55. The lowest BCUT2D eigenvalue weighted by Gasteiger charge is -2.64. The number of hydrogen-bond donors (Lipinski definition) is 1. The van der Waals surface area contributed by atoms with Gasteiger partial charge >= 0.3 is 5.97 Å². The zero-order valence-corrected chi connectivity index (χ0v) is 14.5. The molecule has 124 valence electrons. The molecule has 2 bridgehead atoms. The third-order valence-electron chi connectivity index (χ3n) is 8.75. The quantitative estimate of drug-likeness (QED) is 0.730. The molecule has 0 aromatic carbocycles. The van der Waals surface area contributed by atoms with Gasteiger partial charge in [-0.25, -0.2) is 0 Å². The van der Waals surface area contributed by atoms with Crippen molar-refractivity contribution in [1.29, 1.82) is 0 Å². The van der Waals surface area contributed by atoms with Crippen LogP contribution in [0.5, 0.6) is 0 Å². The van der Waals surface area contributed by atoms with Gasteiger partial charge in [0, 0.05) is 0 Å². The molecule has 0 aromatic heterocycles. The molecular weight excluding hydrogens is 272 g/mol. The van der Waals surface area contributed by atoms with Crippen LogP contribution < -0.4 is 0 Å². The van der Waals surface area contributed by atoms with Crippen LogP contribution in [-0.2, 0) is 4.79 Å². The number of carboxylic acid groups (broad SMARTS) is 1. The van der Waals surface area contributed by atoms with Crippen LogP contribution in [0, 0.1) is 39.9 Å². The number of rotatable bonds is 1. The maximum Gasteiger partial charge on any atom is 0.306 e. The van der Waals surface area contributed by atoms with Crippen LogP contribution in [0.3, 0.4) is 0 Å². The molecule has 22 heavy (non-hydrogen) atoms. The first kappa shape index (κ1) is 15.0. The van der Waals surface area contributed by atoms with E-state index < -0.39 is 5.97 Å². The van der Waals surface area contributed by atoms with Gasteiger partial charge in [0.2, 0.25) is 0 Å². The van der Waals surface area contributed by atoms with Crippen molar-refractivity contribution in [2.45, 2.75) is 78.6 Å². The Morgan fingerprint density at radius 2 is 1.73 bits per heavy atom. The molecule has 2 unspecified atom stereocenters. The highest BCUT2D eigenvalue weighted by Crippen LogP contribution is 2.72. The minimum atomic E-state index is -0.515. The fraction of sp³-hybridized carbons (Fsp3) is 0.950. The summed E-state index contributed by atoms with van der Waals surface area (Å²) in [4.78, 5) is 11.7. The van der Waals surface area contributed by atoms with E-state index in [0.29, 0.717) is 22.2 Å². The lowest BCUT2D eigenvalue weighted by molar-refractivity contribution is -0.146. The van der Waals surface area contributed by atoms with Crippen LogP contribution >= 0.6 is 0 Å². The predicted octanol–water partition coefficient (Wildman–Crippen LogP) is 5.12. The lowest BCUT2D eigenvalue weighted by atomic mass is 9.41. The molecule has 4 fully saturated rings. The molecule has 0 aromatic rings. The van der Waals surface area contributed by atoms with E-state index in [1.54, 1.807) is 0 Å². The summed E-state index contributed by atoms with van der Waals surface area (Å²) in [5.41, 5.74) is 1.33. The molecule has 1 spiro atoms. The second-order valence-electron chi connectivity index (χ2n) is 10.0. The number of hydrogen-bond acceptors (Lipinski definition) is 1. The largest absolute Gasteiger partial charge is 0.481 e. The van der Waals surface area contributed by atoms with E-state index in [2.05, 4.69) is 20.8 Å². The molecule has 0 radical (unpaired) electrons. The molecule has 4 saturated carbocycles. The van der Waals surface area contributed by atoms with Crippen LogP contribution in [0.25, 0.3) is 0 Å². The standard InChI is InChI=1S/C20H32O2/c1-18(2)8-4-9-19(3)15(18)7-10-20-11-13(5-6-16(19)20)14(12-20)17(21)22/h13-16H,4-12H2,1-3H3,(H,21,22)/t13-,14+,15?,16?,19-,20+/m1/s1. The van der Waals surface area contributed by atoms with Crippen molar-refractivity contribution in [3.05, 3.63) is 0 Å². The van der Waals surface area contributed by atoms with Gasteiger partial charge < -0.3 is 5.11 Å². The molecule has 4 aliphatic carbocycles. The first-order valence-electron chi connectivity index (χ1n) is 9.51. The number of fused-ring (bicyclic) bond motifs is 3. The molecule has 4 rings (SSSR count). The first-order chi connectivity index (χ1) is 10.3. The molecule has 4 aliphatic rings. The van der Waals surface area contributed by atoms with Gasteiger partial charge in [-0.3, -0.25) is 4.79 Å². The summed E-state index contributed by atoms with van der Waals surface area (Å²) in [6.07, 6.45) is 11.5. The van der Waals surface area contributed by atoms with E-state index in [0.717, 1.165) is 18.3 Å². The Bertz CT molecular complexity index is 496. The third-order valence-corrected chi connectivity index (χ3v) is 8.75. The summed E-state index contributed by atoms with van der Waals surface area (Å²) in [5.74, 6) is 1.56. The third kappa shape index (κ3) is 1.82. The van der Waals surface area contributed by atoms with Gasteiger partial charge in [0.15, 0.2) is 0 Å². The topological polar surface area (TPSA) is 37.3 Å². The van der Waals surface area contributed by atoms with Crippen LogP contribution in [0.15, 0.2) is 0 Å². The highest BCUT2D eigenvalue weighted by atomic mass is 16.4. The Labute approximate surface area is 135 Å². The summed E-state index contributed by atoms with van der Waals surface area (Å²) in [5, 5.41) is 9.63. The van der Waals surface area contributed by atoms with Gasteiger partial charge in [0.1, 0.15) is 0 Å². The average Bonchev–Trinajstić information content (AvgIpc) is 2.69. The minimum absolute atomic E-state index is 0.0400. The zero-order chi connectivity index (χ0) is 15.8. The molecule has 2 nitrogen and oxygen atoms in total. The molecule has 0 heterocycles. The SMILES string of the molecule is CC1(C)CCC[C@]2(C)C1CC[C@@]13C[C@@H](CCC12)[C@@H](C(=O)O)C3. The smallest absolute Gasteiger partial charge is 0.306 e. The van der Waals surface area contributed by atoms with E-state index in [-0.39, 0.29) is 5.92 Å². The van der Waals surface area contributed by atoms with Crippen LogP contribution in [-0.4, -0.2) is 11.1 Å². The van der Waals surface area contributed by atoms with Gasteiger partial charge in [-0.05, 0) is 85.4 Å². The fourth-order valence-electron chi connectivity index (χ4n) is 8.06. The Hall–Kier alpha value is -0.530. The summed E-state index contributed by atoms with van der Waals surface area (Å²) < 4.78 is 0. The van der Waals surface area contributed by atoms with Crippen molar-refractivity contribution in [3.8, 4) is 0 Å². The van der Waals surface area contributed by atoms with Crippen LogP contribution in [0.4, 0.5) is 0 Å². The van der Waals surface area contributed by atoms with E-state index in [4.69, 9.17) is 0 Å². The van der Waals surface area contributed by atoms with Gasteiger partial charge in [-0.2, -0.15) is 0 Å². The summed E-state index contributed by atoms with van der Waals surface area (Å²) in [6.45, 7) is 7.57. The van der Waals surface area contributed by atoms with Gasteiger partial charge in [-0.15, -0.1) is 0 Å². The predicted molar refractivity (Wildman–Crippen MR) is 87.5 cm³/mol. The van der Waals surface area contributed by atoms with Crippen molar-refractivity contribution in [2.75, 3.05) is 0 Å². The molecular formula is C20H32O2. The van der Waals surface area contributed by atoms with E-state index in [1.165, 1.54) is 51.4 Å². The van der Waals surface area contributed by atoms with Crippen molar-refractivity contribution in [1.82, 2.24) is 0 Å². The average molecular weight is 304 g/mol. The number of carbonyl (C=O) groups is 1. The maximum absolute atomic E-state index is 11.7. The molecule has 1 N–H and O–H groups in total. The molecule has 2 heteroatoms.